The van der Waals surface area contributed by atoms with Gasteiger partial charge in [-0.2, -0.15) is 0 Å². The number of hydrogen-bond donors (Lipinski definition) is 0. The highest BCUT2D eigenvalue weighted by atomic mass is 32.2. The molecule has 1 aliphatic carbocycles. The Bertz CT molecular complexity index is 767. The number of rotatable bonds is 7. The third-order valence-electron chi connectivity index (χ3n) is 4.08. The van der Waals surface area contributed by atoms with Gasteiger partial charge in [0.1, 0.15) is 0 Å². The Morgan fingerprint density at radius 1 is 1.24 bits per heavy atom. The summed E-state index contributed by atoms with van der Waals surface area (Å²) in [6.07, 6.45) is 2.04. The van der Waals surface area contributed by atoms with Crippen molar-refractivity contribution in [2.75, 3.05) is 10.7 Å². The minimum atomic E-state index is -0.00322. The number of anilines is 1. The van der Waals surface area contributed by atoms with E-state index in [4.69, 9.17) is 0 Å². The number of Topliss-reactive ketones (excluding diaryl/α,β-unsaturated/α-hetero) is 1. The average molecular weight is 376 g/mol. The summed E-state index contributed by atoms with van der Waals surface area (Å²) in [6.45, 7) is 5.81. The first kappa shape index (κ1) is 18.1. The Balaban J connectivity index is 1.60. The van der Waals surface area contributed by atoms with Crippen molar-refractivity contribution in [2.45, 2.75) is 49.9 Å². The van der Waals surface area contributed by atoms with E-state index in [0.717, 1.165) is 12.8 Å². The van der Waals surface area contributed by atoms with Gasteiger partial charge in [-0.3, -0.25) is 14.5 Å². The van der Waals surface area contributed by atoms with Crippen LogP contribution in [-0.2, 0) is 4.79 Å². The van der Waals surface area contributed by atoms with Gasteiger partial charge in [0.15, 0.2) is 10.1 Å². The number of benzene rings is 1. The Labute approximate surface area is 155 Å². The number of ketones is 1. The number of aromatic nitrogens is 2. The molecule has 1 aromatic heterocycles. The van der Waals surface area contributed by atoms with Crippen LogP contribution in [0.4, 0.5) is 5.13 Å². The molecule has 0 unspecified atom stereocenters. The Morgan fingerprint density at radius 3 is 2.48 bits per heavy atom. The van der Waals surface area contributed by atoms with Crippen LogP contribution < -0.4 is 4.90 Å². The Kier molecular flexibility index (Phi) is 5.54. The largest absolute Gasteiger partial charge is 0.293 e. The van der Waals surface area contributed by atoms with Gasteiger partial charge in [-0.05, 0) is 24.3 Å². The summed E-state index contributed by atoms with van der Waals surface area (Å²) < 4.78 is 0.717. The van der Waals surface area contributed by atoms with Crippen LogP contribution >= 0.6 is 23.1 Å². The predicted octanol–water partition coefficient (Wildman–Crippen LogP) is 4.15. The van der Waals surface area contributed by atoms with Crippen LogP contribution in [0.5, 0.6) is 0 Å². The highest BCUT2D eigenvalue weighted by Crippen LogP contribution is 2.35. The fourth-order valence-electron chi connectivity index (χ4n) is 2.50. The molecule has 2 aromatic rings. The predicted molar refractivity (Wildman–Crippen MR) is 102 cm³/mol. The minimum Gasteiger partial charge on any atom is -0.293 e. The molecule has 1 heterocycles. The summed E-state index contributed by atoms with van der Waals surface area (Å²) in [4.78, 5) is 25.8. The lowest BCUT2D eigenvalue weighted by molar-refractivity contribution is -0.116. The molecule has 1 aliphatic rings. The standard InChI is InChI=1S/C18H21N3O2S2/c1-11(2)13-4-6-14(7-5-13)16(23)10-24-18-20-19-17(25-18)21(12(3)22)15-8-9-15/h4-7,11,15H,8-10H2,1-3H3. The first-order chi connectivity index (χ1) is 12.0. The smallest absolute Gasteiger partial charge is 0.225 e. The van der Waals surface area contributed by atoms with E-state index in [1.165, 1.54) is 28.7 Å². The number of carbonyl (C=O) groups excluding carboxylic acids is 2. The maximum atomic E-state index is 12.3. The molecule has 0 aliphatic heterocycles. The van der Waals surface area contributed by atoms with Gasteiger partial charge in [0.05, 0.1) is 5.75 Å². The van der Waals surface area contributed by atoms with E-state index >= 15 is 0 Å². The van der Waals surface area contributed by atoms with Gasteiger partial charge < -0.3 is 0 Å². The number of hydrogen-bond acceptors (Lipinski definition) is 6. The Hall–Kier alpha value is -1.73. The summed E-state index contributed by atoms with van der Waals surface area (Å²) in [5.41, 5.74) is 1.94. The van der Waals surface area contributed by atoms with Crippen LogP contribution in [0.3, 0.4) is 0 Å². The van der Waals surface area contributed by atoms with E-state index < -0.39 is 0 Å². The van der Waals surface area contributed by atoms with Gasteiger partial charge in [0.2, 0.25) is 11.0 Å². The molecule has 0 saturated heterocycles. The lowest BCUT2D eigenvalue weighted by Crippen LogP contribution is -2.30. The van der Waals surface area contributed by atoms with E-state index in [0.29, 0.717) is 26.7 Å². The molecule has 1 amide bonds. The Morgan fingerprint density at radius 2 is 1.92 bits per heavy atom. The zero-order chi connectivity index (χ0) is 18.0. The lowest BCUT2D eigenvalue weighted by Gasteiger charge is -2.15. The maximum Gasteiger partial charge on any atom is 0.225 e. The monoisotopic (exact) mass is 375 g/mol. The van der Waals surface area contributed by atoms with Crippen molar-refractivity contribution in [3.8, 4) is 0 Å². The molecule has 0 N–H and O–H groups in total. The first-order valence-electron chi connectivity index (χ1n) is 8.35. The van der Waals surface area contributed by atoms with Gasteiger partial charge in [0.25, 0.3) is 0 Å². The SMILES string of the molecule is CC(=O)N(c1nnc(SCC(=O)c2ccc(C(C)C)cc2)s1)C1CC1. The second kappa shape index (κ2) is 7.66. The van der Waals surface area contributed by atoms with Crippen LogP contribution in [-0.4, -0.2) is 33.7 Å². The van der Waals surface area contributed by atoms with E-state index in [2.05, 4.69) is 24.0 Å². The van der Waals surface area contributed by atoms with Crippen molar-refractivity contribution < 1.29 is 9.59 Å². The molecular formula is C18H21N3O2S2. The second-order valence-electron chi connectivity index (χ2n) is 6.46. The fourth-order valence-corrected chi connectivity index (χ4v) is 4.35. The molecule has 0 bridgehead atoms. The number of thioether (sulfide) groups is 1. The number of amides is 1. The van der Waals surface area contributed by atoms with Gasteiger partial charge in [-0.15, -0.1) is 10.2 Å². The summed E-state index contributed by atoms with van der Waals surface area (Å²) in [6, 6.07) is 8.05. The van der Waals surface area contributed by atoms with Crippen LogP contribution in [0.1, 0.15) is 55.5 Å². The molecule has 1 saturated carbocycles. The van der Waals surface area contributed by atoms with Crippen molar-refractivity contribution in [1.29, 1.82) is 0 Å². The highest BCUT2D eigenvalue weighted by molar-refractivity contribution is 8.01. The fraction of sp³-hybridized carbons (Fsp3) is 0.444. The summed E-state index contributed by atoms with van der Waals surface area (Å²) in [5, 5.41) is 8.87. The molecule has 132 valence electrons. The molecule has 25 heavy (non-hydrogen) atoms. The molecule has 5 nitrogen and oxygen atoms in total. The number of carbonyl (C=O) groups is 2. The molecule has 7 heteroatoms. The zero-order valence-electron chi connectivity index (χ0n) is 14.6. The quantitative estimate of drug-likeness (QED) is 0.413. The van der Waals surface area contributed by atoms with E-state index in [1.54, 1.807) is 11.8 Å². The van der Waals surface area contributed by atoms with Crippen LogP contribution in [0.2, 0.25) is 0 Å². The third-order valence-corrected chi connectivity index (χ3v) is 6.14. The molecule has 1 fully saturated rings. The molecule has 3 rings (SSSR count). The van der Waals surface area contributed by atoms with E-state index in [9.17, 15) is 9.59 Å². The summed E-state index contributed by atoms with van der Waals surface area (Å²) >= 11 is 2.75. The molecule has 0 spiro atoms. The molecule has 1 aromatic carbocycles. The van der Waals surface area contributed by atoms with Crippen molar-refractivity contribution in [2.24, 2.45) is 0 Å². The lowest BCUT2D eigenvalue weighted by atomic mass is 10.0. The van der Waals surface area contributed by atoms with Crippen molar-refractivity contribution in [1.82, 2.24) is 10.2 Å². The van der Waals surface area contributed by atoms with Crippen molar-refractivity contribution in [3.05, 3.63) is 35.4 Å². The van der Waals surface area contributed by atoms with E-state index in [-0.39, 0.29) is 17.7 Å². The summed E-state index contributed by atoms with van der Waals surface area (Å²) in [7, 11) is 0. The van der Waals surface area contributed by atoms with Gasteiger partial charge in [-0.25, -0.2) is 0 Å². The number of nitrogens with zero attached hydrogens (tertiary/aromatic N) is 3. The highest BCUT2D eigenvalue weighted by Gasteiger charge is 2.34. The van der Waals surface area contributed by atoms with Crippen LogP contribution in [0, 0.1) is 0 Å². The second-order valence-corrected chi connectivity index (χ2v) is 8.64. The molecular weight excluding hydrogens is 354 g/mol. The zero-order valence-corrected chi connectivity index (χ0v) is 16.2. The molecule has 0 atom stereocenters. The summed E-state index contributed by atoms with van der Waals surface area (Å²) in [5.74, 6) is 0.840. The van der Waals surface area contributed by atoms with Crippen LogP contribution in [0.25, 0.3) is 0 Å². The normalized spacial score (nSPS) is 13.9. The third kappa shape index (κ3) is 4.46. The van der Waals surface area contributed by atoms with Crippen molar-refractivity contribution >= 4 is 39.9 Å². The topological polar surface area (TPSA) is 63.2 Å². The average Bonchev–Trinajstić information content (AvgIpc) is 3.30. The van der Waals surface area contributed by atoms with Crippen molar-refractivity contribution in [3.63, 3.8) is 0 Å². The van der Waals surface area contributed by atoms with Crippen LogP contribution in [0.15, 0.2) is 28.6 Å². The minimum absolute atomic E-state index is 0.00322. The molecule has 0 radical (unpaired) electrons. The van der Waals surface area contributed by atoms with E-state index in [1.807, 2.05) is 24.3 Å². The first-order valence-corrected chi connectivity index (χ1v) is 10.1. The van der Waals surface area contributed by atoms with Gasteiger partial charge in [0, 0.05) is 18.5 Å². The van der Waals surface area contributed by atoms with Gasteiger partial charge >= 0.3 is 0 Å². The van der Waals surface area contributed by atoms with Gasteiger partial charge in [-0.1, -0.05) is 61.2 Å². The maximum absolute atomic E-state index is 12.3.